The second kappa shape index (κ2) is 6.44. The van der Waals surface area contributed by atoms with Crippen LogP contribution in [0.5, 0.6) is 11.5 Å². The fraction of sp³-hybridized carbons (Fsp3) is 0.0500. The Morgan fingerprint density at radius 3 is 2.74 bits per heavy atom. The molecule has 27 heavy (non-hydrogen) atoms. The molecule has 0 atom stereocenters. The van der Waals surface area contributed by atoms with Gasteiger partial charge in [-0.15, -0.1) is 0 Å². The Morgan fingerprint density at radius 2 is 1.78 bits per heavy atom. The van der Waals surface area contributed by atoms with Crippen molar-refractivity contribution in [3.05, 3.63) is 71.1 Å². The van der Waals surface area contributed by atoms with Crippen LogP contribution in [0, 0.1) is 0 Å². The van der Waals surface area contributed by atoms with Crippen molar-refractivity contribution in [1.82, 2.24) is 15.0 Å². The average Bonchev–Trinajstić information content (AvgIpc) is 3.16. The molecule has 0 radical (unpaired) electrons. The van der Waals surface area contributed by atoms with E-state index in [2.05, 4.69) is 27.1 Å². The molecule has 0 spiro atoms. The fourth-order valence-electron chi connectivity index (χ4n) is 2.97. The van der Waals surface area contributed by atoms with Crippen molar-refractivity contribution in [2.75, 3.05) is 6.79 Å². The van der Waals surface area contributed by atoms with Crippen molar-refractivity contribution in [2.24, 2.45) is 0 Å². The molecule has 6 nitrogen and oxygen atoms in total. The zero-order valence-corrected chi connectivity index (χ0v) is 14.8. The molecule has 1 aliphatic heterocycles. The van der Waals surface area contributed by atoms with Crippen LogP contribution >= 0.6 is 11.8 Å². The highest BCUT2D eigenvalue weighted by molar-refractivity contribution is 7.99. The van der Waals surface area contributed by atoms with Gasteiger partial charge in [0.15, 0.2) is 16.7 Å². The summed E-state index contributed by atoms with van der Waals surface area (Å²) in [6.07, 6.45) is 0. The van der Waals surface area contributed by atoms with Gasteiger partial charge in [-0.25, -0.2) is 9.78 Å². The van der Waals surface area contributed by atoms with E-state index >= 15 is 0 Å². The van der Waals surface area contributed by atoms with Crippen LogP contribution in [0.2, 0.25) is 0 Å². The van der Waals surface area contributed by atoms with Gasteiger partial charge in [0.1, 0.15) is 5.82 Å². The highest BCUT2D eigenvalue weighted by atomic mass is 32.2. The first-order valence-electron chi connectivity index (χ1n) is 8.30. The summed E-state index contributed by atoms with van der Waals surface area (Å²) in [5, 5.41) is 2.62. The van der Waals surface area contributed by atoms with Crippen molar-refractivity contribution in [1.29, 1.82) is 0 Å². The number of benzene rings is 3. The Balaban J connectivity index is 1.55. The molecular formula is C20H13N3O3S. The number of fused-ring (bicyclic) bond motifs is 2. The second-order valence-corrected chi connectivity index (χ2v) is 6.94. The molecule has 1 aromatic heterocycles. The molecular weight excluding hydrogens is 362 g/mol. The lowest BCUT2D eigenvalue weighted by Crippen LogP contribution is -2.14. The molecule has 132 valence electrons. The summed E-state index contributed by atoms with van der Waals surface area (Å²) in [5.74, 6) is 1.76. The van der Waals surface area contributed by atoms with Crippen LogP contribution in [0.3, 0.4) is 0 Å². The number of rotatable bonds is 3. The topological polar surface area (TPSA) is 77.1 Å². The Labute approximate surface area is 158 Å². The zero-order chi connectivity index (χ0) is 18.2. The molecule has 1 N–H and O–H groups in total. The molecule has 1 aliphatic rings. The molecule has 7 heteroatoms. The third-order valence-electron chi connectivity index (χ3n) is 4.23. The van der Waals surface area contributed by atoms with Gasteiger partial charge >= 0.3 is 5.69 Å². The van der Waals surface area contributed by atoms with E-state index in [0.29, 0.717) is 22.5 Å². The third kappa shape index (κ3) is 3.02. The molecule has 4 aromatic rings. The van der Waals surface area contributed by atoms with Crippen LogP contribution in [0.25, 0.3) is 22.2 Å². The van der Waals surface area contributed by atoms with Crippen LogP contribution in [-0.2, 0) is 0 Å². The predicted octanol–water partition coefficient (Wildman–Crippen LogP) is 3.87. The minimum absolute atomic E-state index is 0.196. The molecule has 3 aromatic carbocycles. The highest BCUT2D eigenvalue weighted by Gasteiger charge is 2.16. The first-order chi connectivity index (χ1) is 13.3. The second-order valence-electron chi connectivity index (χ2n) is 5.93. The van der Waals surface area contributed by atoms with Gasteiger partial charge in [0.05, 0.1) is 0 Å². The van der Waals surface area contributed by atoms with E-state index in [1.165, 1.54) is 11.8 Å². The zero-order valence-electron chi connectivity index (χ0n) is 14.0. The third-order valence-corrected chi connectivity index (χ3v) is 5.17. The van der Waals surface area contributed by atoms with Crippen molar-refractivity contribution >= 4 is 22.5 Å². The fourth-order valence-corrected chi connectivity index (χ4v) is 3.88. The molecule has 0 bridgehead atoms. The Hall–Kier alpha value is -3.32. The van der Waals surface area contributed by atoms with Crippen LogP contribution in [0.15, 0.2) is 75.5 Å². The first kappa shape index (κ1) is 15.9. The summed E-state index contributed by atoms with van der Waals surface area (Å²) >= 11 is 1.37. The van der Waals surface area contributed by atoms with Gasteiger partial charge in [0.25, 0.3) is 0 Å². The standard InChI is InChI=1S/C20H13N3O3S/c24-19-21-18(13-8-9-15-16(10-13)26-11-25-15)22-20(23-19)27-17-7-3-5-12-4-1-2-6-14(12)17/h1-10H,11H2,(H,21,22,23,24). The molecule has 0 saturated carbocycles. The van der Waals surface area contributed by atoms with E-state index < -0.39 is 5.69 Å². The minimum Gasteiger partial charge on any atom is -0.454 e. The van der Waals surface area contributed by atoms with Crippen LogP contribution in [0.4, 0.5) is 0 Å². The SMILES string of the molecule is O=c1nc(Sc2cccc3ccccc23)nc(-c2ccc3c(c2)OCO3)[nH]1. The molecule has 2 heterocycles. The molecule has 0 unspecified atom stereocenters. The first-order valence-corrected chi connectivity index (χ1v) is 9.12. The lowest BCUT2D eigenvalue weighted by molar-refractivity contribution is 0.174. The molecule has 0 amide bonds. The number of hydrogen-bond acceptors (Lipinski definition) is 6. The smallest absolute Gasteiger partial charge is 0.349 e. The summed E-state index contributed by atoms with van der Waals surface area (Å²) in [6, 6.07) is 19.5. The lowest BCUT2D eigenvalue weighted by Gasteiger charge is -2.07. The number of aromatic amines is 1. The number of aromatic nitrogens is 3. The number of nitrogens with one attached hydrogen (secondary N) is 1. The van der Waals surface area contributed by atoms with Crippen molar-refractivity contribution in [3.8, 4) is 22.9 Å². The summed E-state index contributed by atoms with van der Waals surface area (Å²) in [4.78, 5) is 24.3. The van der Waals surface area contributed by atoms with Crippen molar-refractivity contribution in [3.63, 3.8) is 0 Å². The Morgan fingerprint density at radius 1 is 0.926 bits per heavy atom. The van der Waals surface area contributed by atoms with Crippen LogP contribution < -0.4 is 15.2 Å². The number of nitrogens with zero attached hydrogens (tertiary/aromatic N) is 2. The van der Waals surface area contributed by atoms with Gasteiger partial charge in [-0.1, -0.05) is 36.4 Å². The van der Waals surface area contributed by atoms with E-state index in [-0.39, 0.29) is 6.79 Å². The van der Waals surface area contributed by atoms with E-state index in [4.69, 9.17) is 9.47 Å². The summed E-state index contributed by atoms with van der Waals surface area (Å²) in [7, 11) is 0. The maximum atomic E-state index is 12.1. The number of ether oxygens (including phenoxy) is 2. The Bertz CT molecular complexity index is 1220. The quantitative estimate of drug-likeness (QED) is 0.586. The van der Waals surface area contributed by atoms with Crippen LogP contribution in [-0.4, -0.2) is 21.7 Å². The monoisotopic (exact) mass is 375 g/mol. The highest BCUT2D eigenvalue weighted by Crippen LogP contribution is 2.36. The van der Waals surface area contributed by atoms with Gasteiger partial charge in [0.2, 0.25) is 6.79 Å². The summed E-state index contributed by atoms with van der Waals surface area (Å²) in [6.45, 7) is 0.196. The van der Waals surface area contributed by atoms with Crippen LogP contribution in [0.1, 0.15) is 0 Å². The molecule has 5 rings (SSSR count). The lowest BCUT2D eigenvalue weighted by atomic mass is 10.1. The molecule has 0 saturated heterocycles. The van der Waals surface area contributed by atoms with Crippen molar-refractivity contribution in [2.45, 2.75) is 10.1 Å². The van der Waals surface area contributed by atoms with E-state index in [0.717, 1.165) is 21.2 Å². The minimum atomic E-state index is -0.444. The predicted molar refractivity (Wildman–Crippen MR) is 102 cm³/mol. The summed E-state index contributed by atoms with van der Waals surface area (Å²) < 4.78 is 10.7. The summed E-state index contributed by atoms with van der Waals surface area (Å²) in [5.41, 5.74) is 0.291. The normalized spacial score (nSPS) is 12.4. The molecule has 0 aliphatic carbocycles. The van der Waals surface area contributed by atoms with E-state index in [1.54, 1.807) is 12.1 Å². The van der Waals surface area contributed by atoms with Gasteiger partial charge in [-0.05, 0) is 46.8 Å². The number of H-pyrrole nitrogens is 1. The largest absolute Gasteiger partial charge is 0.454 e. The average molecular weight is 375 g/mol. The molecule has 0 fully saturated rings. The number of hydrogen-bond donors (Lipinski definition) is 1. The van der Waals surface area contributed by atoms with E-state index in [9.17, 15) is 4.79 Å². The van der Waals surface area contributed by atoms with E-state index in [1.807, 2.05) is 36.4 Å². The maximum absolute atomic E-state index is 12.1. The Kier molecular flexibility index (Phi) is 3.79. The van der Waals surface area contributed by atoms with Gasteiger partial charge < -0.3 is 9.47 Å². The van der Waals surface area contributed by atoms with Gasteiger partial charge in [-0.3, -0.25) is 4.98 Å². The van der Waals surface area contributed by atoms with Gasteiger partial charge in [-0.2, -0.15) is 4.98 Å². The maximum Gasteiger partial charge on any atom is 0.349 e. The van der Waals surface area contributed by atoms with Gasteiger partial charge in [0, 0.05) is 10.5 Å². The van der Waals surface area contributed by atoms with Crippen molar-refractivity contribution < 1.29 is 9.47 Å².